The number of piperidine rings is 1. The van der Waals surface area contributed by atoms with E-state index >= 15 is 0 Å². The maximum Gasteiger partial charge on any atom is 0.216 e. The molecule has 2 aromatic rings. The van der Waals surface area contributed by atoms with Crippen molar-refractivity contribution in [1.82, 2.24) is 14.7 Å². The molecule has 3 atom stereocenters. The standard InChI is InChI=1S/C36H57ClN4O2/c1-9-14-30(24(3)27-15-17-29(18-16-27)39(5)6)31-22-28(37)23-32(25(31)4)34(42)26(10-2)21-33-35(38-40(7)36(33)43-8)41-19-12-11-13-20-41/h22-24,26-27,29-30H,9-21H2,1-8H3. The minimum Gasteiger partial charge on any atom is -0.481 e. The molecular weight excluding hydrogens is 556 g/mol. The van der Waals surface area contributed by atoms with Gasteiger partial charge in [-0.1, -0.05) is 38.8 Å². The Kier molecular flexibility index (Phi) is 12.0. The van der Waals surface area contributed by atoms with E-state index in [-0.39, 0.29) is 11.7 Å². The van der Waals surface area contributed by atoms with Crippen molar-refractivity contribution < 1.29 is 9.53 Å². The summed E-state index contributed by atoms with van der Waals surface area (Å²) in [6, 6.07) is 4.79. The summed E-state index contributed by atoms with van der Waals surface area (Å²) in [7, 11) is 8.07. The van der Waals surface area contributed by atoms with E-state index in [2.05, 4.69) is 57.7 Å². The summed E-state index contributed by atoms with van der Waals surface area (Å²) in [4.78, 5) is 19.2. The zero-order valence-electron chi connectivity index (χ0n) is 28.2. The van der Waals surface area contributed by atoms with Gasteiger partial charge in [0, 0.05) is 42.7 Å². The van der Waals surface area contributed by atoms with Gasteiger partial charge in [0.1, 0.15) is 0 Å². The Morgan fingerprint density at radius 3 is 2.37 bits per heavy atom. The van der Waals surface area contributed by atoms with Crippen molar-refractivity contribution >= 4 is 23.2 Å². The van der Waals surface area contributed by atoms with Gasteiger partial charge >= 0.3 is 0 Å². The van der Waals surface area contributed by atoms with E-state index in [1.807, 2.05) is 17.8 Å². The number of hydrogen-bond acceptors (Lipinski definition) is 5. The molecule has 240 valence electrons. The maximum atomic E-state index is 14.4. The normalized spacial score (nSPS) is 21.6. The van der Waals surface area contributed by atoms with Crippen LogP contribution in [-0.4, -0.2) is 60.8 Å². The van der Waals surface area contributed by atoms with Gasteiger partial charge in [0.25, 0.3) is 0 Å². The Labute approximate surface area is 266 Å². The smallest absolute Gasteiger partial charge is 0.216 e. The predicted octanol–water partition coefficient (Wildman–Crippen LogP) is 8.47. The third kappa shape index (κ3) is 7.61. The largest absolute Gasteiger partial charge is 0.481 e. The second-order valence-corrected chi connectivity index (χ2v) is 14.0. The average molecular weight is 613 g/mol. The van der Waals surface area contributed by atoms with Gasteiger partial charge in [-0.25, -0.2) is 4.68 Å². The van der Waals surface area contributed by atoms with Crippen LogP contribution in [0.1, 0.15) is 118 Å². The van der Waals surface area contributed by atoms with Crippen LogP contribution in [0.25, 0.3) is 0 Å². The number of anilines is 1. The molecule has 1 saturated heterocycles. The van der Waals surface area contributed by atoms with Crippen molar-refractivity contribution in [3.8, 4) is 5.88 Å². The molecule has 4 rings (SSSR count). The number of rotatable bonds is 13. The topological polar surface area (TPSA) is 50.6 Å². The Hall–Kier alpha value is -2.05. The first-order chi connectivity index (χ1) is 20.6. The van der Waals surface area contributed by atoms with Crippen LogP contribution in [0.15, 0.2) is 12.1 Å². The first-order valence-corrected chi connectivity index (χ1v) is 17.3. The molecule has 2 fully saturated rings. The van der Waals surface area contributed by atoms with Gasteiger partial charge < -0.3 is 14.5 Å². The zero-order valence-corrected chi connectivity index (χ0v) is 29.0. The molecule has 0 amide bonds. The number of Topliss-reactive ketones (excluding diaryl/α,β-unsaturated/α-hetero) is 1. The predicted molar refractivity (Wildman–Crippen MR) is 180 cm³/mol. The summed E-state index contributed by atoms with van der Waals surface area (Å²) in [6.45, 7) is 11.0. The molecule has 1 aliphatic heterocycles. The lowest BCUT2D eigenvalue weighted by Crippen LogP contribution is -2.34. The van der Waals surface area contributed by atoms with E-state index in [9.17, 15) is 4.79 Å². The number of ketones is 1. The van der Waals surface area contributed by atoms with Crippen LogP contribution >= 0.6 is 11.6 Å². The molecule has 6 nitrogen and oxygen atoms in total. The van der Waals surface area contributed by atoms with Gasteiger partial charge in [-0.15, -0.1) is 0 Å². The highest BCUT2D eigenvalue weighted by Crippen LogP contribution is 2.43. The first kappa shape index (κ1) is 33.8. The number of hydrogen-bond donors (Lipinski definition) is 0. The van der Waals surface area contributed by atoms with Crippen molar-refractivity contribution in [3.05, 3.63) is 39.4 Å². The molecule has 0 spiro atoms. The minimum absolute atomic E-state index is 0.171. The van der Waals surface area contributed by atoms with Crippen molar-refractivity contribution in [1.29, 1.82) is 0 Å². The molecule has 0 radical (unpaired) electrons. The summed E-state index contributed by atoms with van der Waals surface area (Å²) in [5.74, 6) is 3.42. The minimum atomic E-state index is -0.171. The molecule has 3 unspecified atom stereocenters. The third-order valence-corrected chi connectivity index (χ3v) is 11.0. The number of halogens is 1. The second kappa shape index (κ2) is 15.3. The average Bonchev–Trinajstić information content (AvgIpc) is 3.33. The van der Waals surface area contributed by atoms with Crippen LogP contribution in [0.5, 0.6) is 5.88 Å². The third-order valence-electron chi connectivity index (χ3n) is 10.8. The molecule has 2 aliphatic rings. The number of benzene rings is 1. The fraction of sp³-hybridized carbons (Fsp3) is 0.722. The Morgan fingerprint density at radius 1 is 1.12 bits per heavy atom. The zero-order chi connectivity index (χ0) is 31.3. The number of ether oxygens (including phenoxy) is 1. The van der Waals surface area contributed by atoms with Gasteiger partial charge in [-0.05, 0) is 126 Å². The highest BCUT2D eigenvalue weighted by molar-refractivity contribution is 6.31. The van der Waals surface area contributed by atoms with Crippen molar-refractivity contribution in [2.75, 3.05) is 39.2 Å². The Bertz CT molecular complexity index is 1210. The van der Waals surface area contributed by atoms with Crippen molar-refractivity contribution in [3.63, 3.8) is 0 Å². The molecule has 2 heterocycles. The molecule has 1 aromatic carbocycles. The van der Waals surface area contributed by atoms with Gasteiger partial charge in [0.15, 0.2) is 11.6 Å². The molecule has 43 heavy (non-hydrogen) atoms. The highest BCUT2D eigenvalue weighted by atomic mass is 35.5. The van der Waals surface area contributed by atoms with Crippen LogP contribution in [0.2, 0.25) is 5.02 Å². The van der Waals surface area contributed by atoms with E-state index in [0.29, 0.717) is 35.2 Å². The highest BCUT2D eigenvalue weighted by Gasteiger charge is 2.34. The van der Waals surface area contributed by atoms with E-state index < -0.39 is 0 Å². The van der Waals surface area contributed by atoms with Gasteiger partial charge in [-0.3, -0.25) is 4.79 Å². The van der Waals surface area contributed by atoms with Crippen LogP contribution < -0.4 is 9.64 Å². The molecule has 0 N–H and O–H groups in total. The Balaban J connectivity index is 1.63. The van der Waals surface area contributed by atoms with Gasteiger partial charge in [0.05, 0.1) is 12.7 Å². The van der Waals surface area contributed by atoms with Crippen LogP contribution in [0.3, 0.4) is 0 Å². The van der Waals surface area contributed by atoms with E-state index in [1.54, 1.807) is 7.11 Å². The fourth-order valence-corrected chi connectivity index (χ4v) is 8.27. The quantitative estimate of drug-likeness (QED) is 0.212. The van der Waals surface area contributed by atoms with E-state index in [1.165, 1.54) is 50.5 Å². The summed E-state index contributed by atoms with van der Waals surface area (Å²) >= 11 is 6.84. The number of aryl methyl sites for hydroxylation is 1. The molecule has 7 heteroatoms. The number of nitrogens with zero attached hydrogens (tertiary/aromatic N) is 4. The number of carbonyl (C=O) groups excluding carboxylic acids is 1. The number of aromatic nitrogens is 2. The summed E-state index contributed by atoms with van der Waals surface area (Å²) in [5.41, 5.74) is 4.25. The molecule has 1 aromatic heterocycles. The molecule has 1 saturated carbocycles. The molecular formula is C36H57ClN4O2. The lowest BCUT2D eigenvalue weighted by Gasteiger charge is -2.39. The van der Waals surface area contributed by atoms with Gasteiger partial charge in [-0.2, -0.15) is 5.10 Å². The van der Waals surface area contributed by atoms with Gasteiger partial charge in [0.2, 0.25) is 5.88 Å². The van der Waals surface area contributed by atoms with Crippen molar-refractivity contribution in [2.45, 2.75) is 110 Å². The summed E-state index contributed by atoms with van der Waals surface area (Å²) in [5, 5.41) is 5.55. The maximum absolute atomic E-state index is 14.4. The fourth-order valence-electron chi connectivity index (χ4n) is 8.05. The lowest BCUT2D eigenvalue weighted by molar-refractivity contribution is 0.0914. The second-order valence-electron chi connectivity index (χ2n) is 13.6. The van der Waals surface area contributed by atoms with Crippen LogP contribution in [0.4, 0.5) is 5.82 Å². The van der Waals surface area contributed by atoms with Crippen LogP contribution in [0, 0.1) is 24.7 Å². The lowest BCUT2D eigenvalue weighted by atomic mass is 9.69. The van der Waals surface area contributed by atoms with Crippen molar-refractivity contribution in [2.24, 2.45) is 24.8 Å². The van der Waals surface area contributed by atoms with E-state index in [0.717, 1.165) is 60.7 Å². The Morgan fingerprint density at radius 2 is 1.79 bits per heavy atom. The summed E-state index contributed by atoms with van der Waals surface area (Å²) < 4.78 is 7.68. The SMILES string of the molecule is CCCC(c1cc(Cl)cc(C(=O)C(CC)Cc2c(N3CCCCC3)nn(C)c2OC)c1C)C(C)C1CCC(N(C)C)CC1. The first-order valence-electron chi connectivity index (χ1n) is 17.0. The monoisotopic (exact) mass is 612 g/mol. The van der Waals surface area contributed by atoms with E-state index in [4.69, 9.17) is 21.4 Å². The number of methoxy groups -OCH3 is 1. The number of carbonyl (C=O) groups is 1. The van der Waals surface area contributed by atoms with Crippen LogP contribution in [-0.2, 0) is 13.5 Å². The molecule has 0 bridgehead atoms. The molecule has 1 aliphatic carbocycles. The summed E-state index contributed by atoms with van der Waals surface area (Å²) in [6.07, 6.45) is 12.3.